The van der Waals surface area contributed by atoms with E-state index in [2.05, 4.69) is 5.32 Å². The van der Waals surface area contributed by atoms with Gasteiger partial charge in [-0.25, -0.2) is 0 Å². The zero-order valence-electron chi connectivity index (χ0n) is 11.6. The summed E-state index contributed by atoms with van der Waals surface area (Å²) in [5, 5.41) is 13.1. The average Bonchev–Trinajstić information content (AvgIpc) is 2.71. The molecule has 2 atom stereocenters. The molecular weight excluding hydrogens is 252 g/mol. The molecule has 0 aromatic heterocycles. The highest BCUT2D eigenvalue weighted by molar-refractivity contribution is 5.77. The number of carbonyl (C=O) groups is 1. The summed E-state index contributed by atoms with van der Waals surface area (Å²) in [5.41, 5.74) is 7.98. The van der Waals surface area contributed by atoms with Crippen LogP contribution in [0.15, 0.2) is 24.3 Å². The molecule has 1 aromatic rings. The van der Waals surface area contributed by atoms with Gasteiger partial charge in [0.05, 0.1) is 12.1 Å². The number of nitrogens with two attached hydrogens (primary N) is 1. The lowest BCUT2D eigenvalue weighted by Gasteiger charge is -2.40. The summed E-state index contributed by atoms with van der Waals surface area (Å²) in [4.78, 5) is 12.2. The topological polar surface area (TPSA) is 75.4 Å². The third kappa shape index (κ3) is 2.34. The largest absolute Gasteiger partial charge is 0.390 e. The summed E-state index contributed by atoms with van der Waals surface area (Å²) in [6.45, 7) is 0.574. The molecule has 1 saturated carbocycles. The van der Waals surface area contributed by atoms with Crippen LogP contribution in [0.2, 0.25) is 0 Å². The van der Waals surface area contributed by atoms with E-state index >= 15 is 0 Å². The van der Waals surface area contributed by atoms with Gasteiger partial charge in [0, 0.05) is 12.8 Å². The van der Waals surface area contributed by atoms with Crippen LogP contribution in [0.25, 0.3) is 0 Å². The SMILES string of the molecule is NCC1(CC(=O)N[C@@H]2c3ccccc3C[C@@H]2O)CCC1. The first kappa shape index (κ1) is 13.6. The molecule has 108 valence electrons. The lowest BCUT2D eigenvalue weighted by atomic mass is 9.66. The molecule has 0 bridgehead atoms. The fourth-order valence-corrected chi connectivity index (χ4v) is 3.44. The van der Waals surface area contributed by atoms with Crippen LogP contribution in [-0.2, 0) is 11.2 Å². The van der Waals surface area contributed by atoms with Gasteiger partial charge in [0.25, 0.3) is 0 Å². The van der Waals surface area contributed by atoms with Gasteiger partial charge in [-0.3, -0.25) is 4.79 Å². The molecule has 4 N–H and O–H groups in total. The maximum absolute atomic E-state index is 12.2. The molecule has 0 unspecified atom stereocenters. The fourth-order valence-electron chi connectivity index (χ4n) is 3.44. The number of hydrogen-bond acceptors (Lipinski definition) is 3. The van der Waals surface area contributed by atoms with Crippen LogP contribution < -0.4 is 11.1 Å². The third-order valence-electron chi connectivity index (χ3n) is 4.90. The van der Waals surface area contributed by atoms with Gasteiger partial charge in [-0.2, -0.15) is 0 Å². The Morgan fingerprint density at radius 1 is 1.40 bits per heavy atom. The molecule has 0 radical (unpaired) electrons. The second-order valence-corrected chi connectivity index (χ2v) is 6.25. The Kier molecular flexibility index (Phi) is 3.52. The van der Waals surface area contributed by atoms with Crippen molar-refractivity contribution in [3.63, 3.8) is 0 Å². The Bertz CT molecular complexity index is 505. The summed E-state index contributed by atoms with van der Waals surface area (Å²) in [6, 6.07) is 7.64. The number of rotatable bonds is 4. The monoisotopic (exact) mass is 274 g/mol. The van der Waals surface area contributed by atoms with E-state index in [4.69, 9.17) is 5.73 Å². The quantitative estimate of drug-likeness (QED) is 0.774. The van der Waals surface area contributed by atoms with Crippen molar-refractivity contribution in [2.45, 2.75) is 44.2 Å². The van der Waals surface area contributed by atoms with E-state index in [1.54, 1.807) is 0 Å². The molecule has 0 spiro atoms. The normalized spacial score (nSPS) is 26.7. The fraction of sp³-hybridized carbons (Fsp3) is 0.562. The molecule has 0 saturated heterocycles. The molecular formula is C16H22N2O2. The van der Waals surface area contributed by atoms with Crippen LogP contribution in [0.3, 0.4) is 0 Å². The van der Waals surface area contributed by atoms with E-state index in [0.29, 0.717) is 19.4 Å². The van der Waals surface area contributed by atoms with E-state index in [0.717, 1.165) is 24.0 Å². The molecule has 1 amide bonds. The van der Waals surface area contributed by atoms with Crippen molar-refractivity contribution in [1.82, 2.24) is 5.32 Å². The highest BCUT2D eigenvalue weighted by Crippen LogP contribution is 2.43. The molecule has 1 aromatic carbocycles. The number of aliphatic hydroxyl groups is 1. The highest BCUT2D eigenvalue weighted by atomic mass is 16.3. The van der Waals surface area contributed by atoms with Crippen molar-refractivity contribution < 1.29 is 9.90 Å². The second-order valence-electron chi connectivity index (χ2n) is 6.25. The number of fused-ring (bicyclic) bond motifs is 1. The van der Waals surface area contributed by atoms with Crippen LogP contribution in [0.1, 0.15) is 42.9 Å². The Labute approximate surface area is 119 Å². The summed E-state index contributed by atoms with van der Waals surface area (Å²) in [6.07, 6.45) is 3.82. The number of aliphatic hydroxyl groups excluding tert-OH is 1. The molecule has 2 aliphatic rings. The first-order valence-electron chi connectivity index (χ1n) is 7.39. The first-order valence-corrected chi connectivity index (χ1v) is 7.39. The molecule has 3 rings (SSSR count). The van der Waals surface area contributed by atoms with Crippen LogP contribution in [-0.4, -0.2) is 23.7 Å². The van der Waals surface area contributed by atoms with Gasteiger partial charge in [-0.1, -0.05) is 30.7 Å². The molecule has 0 aliphatic heterocycles. The third-order valence-corrected chi connectivity index (χ3v) is 4.90. The molecule has 2 aliphatic carbocycles. The average molecular weight is 274 g/mol. The smallest absolute Gasteiger partial charge is 0.221 e. The molecule has 4 heteroatoms. The van der Waals surface area contributed by atoms with Crippen molar-refractivity contribution in [3.05, 3.63) is 35.4 Å². The minimum atomic E-state index is -0.522. The minimum Gasteiger partial charge on any atom is -0.390 e. The number of amides is 1. The molecule has 0 heterocycles. The number of carbonyl (C=O) groups excluding carboxylic acids is 1. The van der Waals surface area contributed by atoms with Crippen molar-refractivity contribution in [3.8, 4) is 0 Å². The summed E-state index contributed by atoms with van der Waals surface area (Å²) in [7, 11) is 0. The number of hydrogen-bond donors (Lipinski definition) is 3. The lowest BCUT2D eigenvalue weighted by molar-refractivity contribution is -0.126. The zero-order valence-corrected chi connectivity index (χ0v) is 11.6. The van der Waals surface area contributed by atoms with Crippen LogP contribution >= 0.6 is 0 Å². The van der Waals surface area contributed by atoms with E-state index < -0.39 is 6.10 Å². The van der Waals surface area contributed by atoms with Gasteiger partial charge in [0.2, 0.25) is 5.91 Å². The van der Waals surface area contributed by atoms with Crippen LogP contribution in [0.5, 0.6) is 0 Å². The standard InChI is InChI=1S/C16H22N2O2/c17-10-16(6-3-7-16)9-14(20)18-15-12-5-2-1-4-11(12)8-13(15)19/h1-2,4-5,13,15,19H,3,6-10,17H2,(H,18,20)/t13-,15+/m0/s1. The minimum absolute atomic E-state index is 0.00710. The second kappa shape index (κ2) is 5.19. The Morgan fingerprint density at radius 3 is 2.80 bits per heavy atom. The van der Waals surface area contributed by atoms with Crippen molar-refractivity contribution >= 4 is 5.91 Å². The number of benzene rings is 1. The van der Waals surface area contributed by atoms with Crippen molar-refractivity contribution in [2.75, 3.05) is 6.54 Å². The van der Waals surface area contributed by atoms with Gasteiger partial charge in [-0.05, 0) is 35.9 Å². The van der Waals surface area contributed by atoms with Crippen molar-refractivity contribution in [1.29, 1.82) is 0 Å². The van der Waals surface area contributed by atoms with E-state index in [1.165, 1.54) is 6.42 Å². The molecule has 20 heavy (non-hydrogen) atoms. The highest BCUT2D eigenvalue weighted by Gasteiger charge is 2.39. The molecule has 1 fully saturated rings. The predicted octanol–water partition coefficient (Wildman–Crippen LogP) is 1.28. The summed E-state index contributed by atoms with van der Waals surface area (Å²) >= 11 is 0. The van der Waals surface area contributed by atoms with Gasteiger partial charge >= 0.3 is 0 Å². The van der Waals surface area contributed by atoms with Crippen LogP contribution in [0, 0.1) is 5.41 Å². The van der Waals surface area contributed by atoms with E-state index in [9.17, 15) is 9.90 Å². The maximum Gasteiger partial charge on any atom is 0.221 e. The van der Waals surface area contributed by atoms with Crippen molar-refractivity contribution in [2.24, 2.45) is 11.1 Å². The van der Waals surface area contributed by atoms with Gasteiger partial charge in [-0.15, -0.1) is 0 Å². The van der Waals surface area contributed by atoms with Gasteiger partial charge in [0.15, 0.2) is 0 Å². The van der Waals surface area contributed by atoms with Gasteiger partial charge in [0.1, 0.15) is 0 Å². The Morgan fingerprint density at radius 2 is 2.15 bits per heavy atom. The Balaban J connectivity index is 1.67. The Hall–Kier alpha value is -1.39. The zero-order chi connectivity index (χ0) is 14.2. The molecule has 4 nitrogen and oxygen atoms in total. The van der Waals surface area contributed by atoms with Crippen LogP contribution in [0.4, 0.5) is 0 Å². The lowest BCUT2D eigenvalue weighted by Crippen LogP contribution is -2.43. The first-order chi connectivity index (χ1) is 9.63. The number of nitrogens with one attached hydrogen (secondary N) is 1. The maximum atomic E-state index is 12.2. The summed E-state index contributed by atoms with van der Waals surface area (Å²) in [5.74, 6) is 0.0101. The predicted molar refractivity (Wildman–Crippen MR) is 77.0 cm³/mol. The van der Waals surface area contributed by atoms with E-state index in [-0.39, 0.29) is 17.4 Å². The van der Waals surface area contributed by atoms with Gasteiger partial charge < -0.3 is 16.2 Å². The summed E-state index contributed by atoms with van der Waals surface area (Å²) < 4.78 is 0. The van der Waals surface area contributed by atoms with E-state index in [1.807, 2.05) is 24.3 Å².